The van der Waals surface area contributed by atoms with Crippen LogP contribution in [0.3, 0.4) is 0 Å². The van der Waals surface area contributed by atoms with Crippen molar-refractivity contribution in [3.8, 4) is 0 Å². The molecule has 0 aromatic heterocycles. The van der Waals surface area contributed by atoms with Gasteiger partial charge in [0.15, 0.2) is 5.12 Å². The summed E-state index contributed by atoms with van der Waals surface area (Å²) in [5, 5.41) is 10.5. The molecule has 0 aromatic rings. The molecule has 0 aliphatic carbocycles. The molecule has 0 radical (unpaired) electrons. The number of hydrogen-bond donors (Lipinski definition) is 2. The van der Waals surface area contributed by atoms with Crippen molar-refractivity contribution < 1.29 is 16.1 Å². The Morgan fingerprint density at radius 3 is 2.62 bits per heavy atom. The fourth-order valence-corrected chi connectivity index (χ4v) is 1.63. The molecule has 0 fully saturated rings. The Hall–Kier alpha value is -1.49. The maximum atomic E-state index is 11.4. The predicted molar refractivity (Wildman–Crippen MR) is 68.5 cm³/mol. The second-order valence-corrected chi connectivity index (χ2v) is 3.95. The standard InChI is InChI=1S/C11H15NO3S.H2/c1-3-6-9(4-2)16-10(13)7-5-8-12-11(14)15;/h3-4,6,12H,1-2,5,7-8H2,(H,14,15);1H/b9-6+;. The van der Waals surface area contributed by atoms with Crippen LogP contribution in [0, 0.1) is 0 Å². The summed E-state index contributed by atoms with van der Waals surface area (Å²) >= 11 is 1.09. The van der Waals surface area contributed by atoms with Crippen LogP contribution in [0.15, 0.2) is 36.3 Å². The SMILES string of the molecule is C=C/C=C(\C=C)SC(=O)CCCNC(=O)O.[HH]. The van der Waals surface area contributed by atoms with E-state index in [4.69, 9.17) is 5.11 Å². The summed E-state index contributed by atoms with van der Waals surface area (Å²) in [6.45, 7) is 7.39. The molecule has 0 unspecified atom stereocenters. The van der Waals surface area contributed by atoms with Crippen molar-refractivity contribution in [1.82, 2.24) is 5.32 Å². The van der Waals surface area contributed by atoms with Gasteiger partial charge in [0, 0.05) is 19.3 Å². The maximum Gasteiger partial charge on any atom is 0.404 e. The number of thioether (sulfide) groups is 1. The van der Waals surface area contributed by atoms with Crippen LogP contribution in [0.4, 0.5) is 4.79 Å². The minimum atomic E-state index is -1.07. The third kappa shape index (κ3) is 7.87. The van der Waals surface area contributed by atoms with Gasteiger partial charge in [-0.25, -0.2) is 4.79 Å². The summed E-state index contributed by atoms with van der Waals surface area (Å²) in [7, 11) is 0. The lowest BCUT2D eigenvalue weighted by Gasteiger charge is -2.01. The molecule has 0 aromatic carbocycles. The van der Waals surface area contributed by atoms with E-state index in [-0.39, 0.29) is 13.1 Å². The van der Waals surface area contributed by atoms with Gasteiger partial charge in [0.2, 0.25) is 0 Å². The van der Waals surface area contributed by atoms with Crippen LogP contribution < -0.4 is 5.32 Å². The van der Waals surface area contributed by atoms with E-state index in [1.54, 1.807) is 18.2 Å². The van der Waals surface area contributed by atoms with Crippen LogP contribution in [0.5, 0.6) is 0 Å². The fraction of sp³-hybridized carbons (Fsp3) is 0.273. The highest BCUT2D eigenvalue weighted by molar-refractivity contribution is 8.17. The number of carbonyl (C=O) groups is 2. The lowest BCUT2D eigenvalue weighted by Crippen LogP contribution is -2.22. The third-order valence-electron chi connectivity index (χ3n) is 1.55. The molecule has 0 saturated carbocycles. The average Bonchev–Trinajstić information content (AvgIpc) is 2.23. The van der Waals surface area contributed by atoms with Crippen molar-refractivity contribution in [3.05, 3.63) is 36.3 Å². The minimum absolute atomic E-state index is 0. The van der Waals surface area contributed by atoms with Gasteiger partial charge >= 0.3 is 6.09 Å². The Kier molecular flexibility index (Phi) is 7.97. The topological polar surface area (TPSA) is 66.4 Å². The number of amides is 1. The molecule has 2 N–H and O–H groups in total. The van der Waals surface area contributed by atoms with Crippen molar-refractivity contribution >= 4 is 23.0 Å². The zero-order valence-corrected chi connectivity index (χ0v) is 9.76. The minimum Gasteiger partial charge on any atom is -0.465 e. The Morgan fingerprint density at radius 1 is 1.44 bits per heavy atom. The van der Waals surface area contributed by atoms with Crippen LogP contribution in [0.2, 0.25) is 0 Å². The van der Waals surface area contributed by atoms with Gasteiger partial charge in [0.05, 0.1) is 0 Å². The maximum absolute atomic E-state index is 11.4. The summed E-state index contributed by atoms with van der Waals surface area (Å²) in [6, 6.07) is 0. The quantitative estimate of drug-likeness (QED) is 0.533. The lowest BCUT2D eigenvalue weighted by atomic mass is 10.3. The molecule has 0 saturated heterocycles. The molecule has 0 aliphatic rings. The molecule has 16 heavy (non-hydrogen) atoms. The van der Waals surface area contributed by atoms with E-state index >= 15 is 0 Å². The summed E-state index contributed by atoms with van der Waals surface area (Å²) in [5.41, 5.74) is 0. The Labute approximate surface area is 101 Å². The van der Waals surface area contributed by atoms with Crippen molar-refractivity contribution in [1.29, 1.82) is 0 Å². The normalized spacial score (nSPS) is 10.6. The largest absolute Gasteiger partial charge is 0.465 e. The van der Waals surface area contributed by atoms with Crippen LogP contribution in [-0.4, -0.2) is 22.9 Å². The van der Waals surface area contributed by atoms with E-state index in [0.29, 0.717) is 12.8 Å². The molecule has 5 heteroatoms. The number of allylic oxidation sites excluding steroid dienone is 3. The second kappa shape index (κ2) is 8.79. The summed E-state index contributed by atoms with van der Waals surface area (Å²) in [6.07, 6.45) is 4.62. The zero-order valence-electron chi connectivity index (χ0n) is 8.94. The van der Waals surface area contributed by atoms with Crippen molar-refractivity contribution in [2.24, 2.45) is 0 Å². The van der Waals surface area contributed by atoms with Gasteiger partial charge < -0.3 is 10.4 Å². The smallest absolute Gasteiger partial charge is 0.404 e. The molecule has 0 spiro atoms. The number of nitrogens with one attached hydrogen (secondary N) is 1. The third-order valence-corrected chi connectivity index (χ3v) is 2.52. The summed E-state index contributed by atoms with van der Waals surface area (Å²) < 4.78 is 0. The highest BCUT2D eigenvalue weighted by Gasteiger charge is 2.04. The Bertz CT molecular complexity index is 316. The molecule has 4 nitrogen and oxygen atoms in total. The van der Waals surface area contributed by atoms with E-state index < -0.39 is 6.09 Å². The Morgan fingerprint density at radius 2 is 2.12 bits per heavy atom. The monoisotopic (exact) mass is 243 g/mol. The first-order chi connectivity index (χ1) is 7.60. The van der Waals surface area contributed by atoms with Gasteiger partial charge in [-0.05, 0) is 12.5 Å². The molecule has 0 atom stereocenters. The van der Waals surface area contributed by atoms with E-state index in [1.165, 1.54) is 0 Å². The van der Waals surface area contributed by atoms with Crippen LogP contribution in [0.25, 0.3) is 0 Å². The van der Waals surface area contributed by atoms with Crippen molar-refractivity contribution in [2.45, 2.75) is 12.8 Å². The molecule has 0 rings (SSSR count). The van der Waals surface area contributed by atoms with Crippen LogP contribution >= 0.6 is 11.8 Å². The summed E-state index contributed by atoms with van der Waals surface area (Å²) in [5.74, 6) is 0. The van der Waals surface area contributed by atoms with E-state index in [2.05, 4.69) is 18.5 Å². The first-order valence-corrected chi connectivity index (χ1v) is 5.54. The van der Waals surface area contributed by atoms with Crippen molar-refractivity contribution in [3.63, 3.8) is 0 Å². The first kappa shape index (κ1) is 14.5. The first-order valence-electron chi connectivity index (χ1n) is 4.72. The highest BCUT2D eigenvalue weighted by Crippen LogP contribution is 2.19. The van der Waals surface area contributed by atoms with Gasteiger partial charge in [-0.2, -0.15) is 0 Å². The number of hydrogen-bond acceptors (Lipinski definition) is 3. The van der Waals surface area contributed by atoms with Crippen molar-refractivity contribution in [2.75, 3.05) is 6.54 Å². The Balaban J connectivity index is 0. The van der Waals surface area contributed by atoms with Crippen LogP contribution in [0.1, 0.15) is 14.3 Å². The summed E-state index contributed by atoms with van der Waals surface area (Å²) in [4.78, 5) is 22.3. The molecule has 0 heterocycles. The zero-order chi connectivity index (χ0) is 12.4. The molecular weight excluding hydrogens is 226 g/mol. The van der Waals surface area contributed by atoms with E-state index in [1.807, 2.05) is 0 Å². The van der Waals surface area contributed by atoms with E-state index in [0.717, 1.165) is 16.7 Å². The van der Waals surface area contributed by atoms with Gasteiger partial charge in [-0.3, -0.25) is 4.79 Å². The number of rotatable bonds is 7. The molecule has 1 amide bonds. The highest BCUT2D eigenvalue weighted by atomic mass is 32.2. The van der Waals surface area contributed by atoms with E-state index in [9.17, 15) is 9.59 Å². The molecular formula is C11H17NO3S. The average molecular weight is 243 g/mol. The van der Waals surface area contributed by atoms with Gasteiger partial charge in [0.1, 0.15) is 0 Å². The fourth-order valence-electron chi connectivity index (χ4n) is 0.870. The number of carboxylic acid groups (broad SMARTS) is 1. The number of carbonyl (C=O) groups excluding carboxylic acids is 1. The van der Waals surface area contributed by atoms with Gasteiger partial charge in [-0.1, -0.05) is 37.1 Å². The second-order valence-electron chi connectivity index (χ2n) is 2.82. The van der Waals surface area contributed by atoms with Crippen LogP contribution in [-0.2, 0) is 4.79 Å². The van der Waals surface area contributed by atoms with Gasteiger partial charge in [0.25, 0.3) is 0 Å². The lowest BCUT2D eigenvalue weighted by molar-refractivity contribution is -0.111. The predicted octanol–water partition coefficient (Wildman–Crippen LogP) is 2.80. The molecule has 0 aliphatic heterocycles. The molecule has 90 valence electrons. The van der Waals surface area contributed by atoms with Gasteiger partial charge in [-0.15, -0.1) is 0 Å². The molecule has 0 bridgehead atoms.